The molecule has 0 radical (unpaired) electrons. The topological polar surface area (TPSA) is 106 Å². The maximum absolute atomic E-state index is 13.4. The first kappa shape index (κ1) is 25.8. The fourth-order valence-electron chi connectivity index (χ4n) is 4.14. The number of carbonyl (C=O) groups is 3. The third-order valence-corrected chi connectivity index (χ3v) is 7.17. The Balaban J connectivity index is 1.91. The summed E-state index contributed by atoms with van der Waals surface area (Å²) in [6, 6.07) is 11.4. The quantitative estimate of drug-likeness (QED) is 0.153. The standard InChI is InChI=1S/C28H26N2O6S/c1-6-13-36-27(34)25-17(4)29-28(37-25)30-22(18-9-11-19(35-5)12-10-18)21(24(32)26(30)33)23(31)20-14-15(2)7-8-16(20)3/h6-12,14,22,31H,1,13H2,2-5H3. The first-order chi connectivity index (χ1) is 17.7. The number of benzene rings is 2. The van der Waals surface area contributed by atoms with Crippen LogP contribution in [0.3, 0.4) is 0 Å². The van der Waals surface area contributed by atoms with Crippen molar-refractivity contribution >= 4 is 39.9 Å². The summed E-state index contributed by atoms with van der Waals surface area (Å²) in [7, 11) is 1.53. The van der Waals surface area contributed by atoms with E-state index >= 15 is 0 Å². The number of aliphatic hydroxyl groups excluding tert-OH is 1. The molecule has 1 aromatic heterocycles. The number of aliphatic hydroxyl groups is 1. The minimum absolute atomic E-state index is 0.0255. The molecule has 4 rings (SSSR count). The Bertz CT molecular complexity index is 1440. The number of amides is 1. The van der Waals surface area contributed by atoms with E-state index in [-0.39, 0.29) is 27.9 Å². The second-order valence-corrected chi connectivity index (χ2v) is 9.54. The summed E-state index contributed by atoms with van der Waals surface area (Å²) in [5.41, 5.74) is 2.96. The molecule has 0 spiro atoms. The average Bonchev–Trinajstić information content (AvgIpc) is 3.40. The summed E-state index contributed by atoms with van der Waals surface area (Å²) < 4.78 is 10.4. The van der Waals surface area contributed by atoms with Crippen molar-refractivity contribution in [1.82, 2.24) is 4.98 Å². The van der Waals surface area contributed by atoms with E-state index in [0.29, 0.717) is 22.6 Å². The van der Waals surface area contributed by atoms with E-state index in [1.165, 1.54) is 18.1 Å². The number of ketones is 1. The Morgan fingerprint density at radius 3 is 2.51 bits per heavy atom. The Kier molecular flexibility index (Phi) is 7.26. The molecule has 2 heterocycles. The molecular weight excluding hydrogens is 492 g/mol. The van der Waals surface area contributed by atoms with Crippen LogP contribution < -0.4 is 9.64 Å². The number of hydrogen-bond acceptors (Lipinski definition) is 8. The van der Waals surface area contributed by atoms with E-state index in [2.05, 4.69) is 11.6 Å². The molecule has 0 saturated carbocycles. The Morgan fingerprint density at radius 2 is 1.86 bits per heavy atom. The lowest BCUT2D eigenvalue weighted by Crippen LogP contribution is -2.29. The van der Waals surface area contributed by atoms with Gasteiger partial charge in [-0.3, -0.25) is 14.5 Å². The molecule has 1 aliphatic rings. The normalized spacial score (nSPS) is 16.6. The summed E-state index contributed by atoms with van der Waals surface area (Å²) in [5, 5.41) is 11.6. The minimum atomic E-state index is -0.978. The zero-order chi connectivity index (χ0) is 26.9. The van der Waals surface area contributed by atoms with E-state index in [0.717, 1.165) is 22.5 Å². The van der Waals surface area contributed by atoms with Crippen molar-refractivity contribution in [2.24, 2.45) is 0 Å². The molecule has 9 heteroatoms. The number of esters is 1. The van der Waals surface area contributed by atoms with Crippen molar-refractivity contribution in [3.8, 4) is 5.75 Å². The monoisotopic (exact) mass is 518 g/mol. The highest BCUT2D eigenvalue weighted by atomic mass is 32.1. The lowest BCUT2D eigenvalue weighted by atomic mass is 9.93. The van der Waals surface area contributed by atoms with Gasteiger partial charge in [0, 0.05) is 5.56 Å². The van der Waals surface area contributed by atoms with Crippen LogP contribution in [0.5, 0.6) is 5.75 Å². The fourth-order valence-corrected chi connectivity index (χ4v) is 5.13. The number of thiazole rings is 1. The molecule has 1 N–H and O–H groups in total. The number of nitrogens with zero attached hydrogens (tertiary/aromatic N) is 2. The molecular formula is C28H26N2O6S. The Labute approximate surface area is 218 Å². The number of aryl methyl sites for hydroxylation is 3. The van der Waals surface area contributed by atoms with Gasteiger partial charge in [-0.1, -0.05) is 53.8 Å². The number of carbonyl (C=O) groups excluding carboxylic acids is 3. The van der Waals surface area contributed by atoms with E-state index < -0.39 is 23.7 Å². The highest BCUT2D eigenvalue weighted by Gasteiger charge is 2.48. The predicted molar refractivity (Wildman–Crippen MR) is 141 cm³/mol. The number of aromatic nitrogens is 1. The molecule has 3 aromatic rings. The summed E-state index contributed by atoms with van der Waals surface area (Å²) >= 11 is 0.946. The zero-order valence-corrected chi connectivity index (χ0v) is 21.7. The van der Waals surface area contributed by atoms with Gasteiger partial charge in [-0.15, -0.1) is 0 Å². The minimum Gasteiger partial charge on any atom is -0.507 e. The molecule has 2 aromatic carbocycles. The van der Waals surface area contributed by atoms with E-state index in [1.54, 1.807) is 37.3 Å². The van der Waals surface area contributed by atoms with Crippen LogP contribution in [0.4, 0.5) is 5.13 Å². The fraction of sp³-hybridized carbons (Fsp3) is 0.214. The van der Waals surface area contributed by atoms with Crippen LogP contribution in [0.2, 0.25) is 0 Å². The number of methoxy groups -OCH3 is 1. The Morgan fingerprint density at radius 1 is 1.16 bits per heavy atom. The largest absolute Gasteiger partial charge is 0.507 e. The first-order valence-corrected chi connectivity index (χ1v) is 12.3. The van der Waals surface area contributed by atoms with Crippen LogP contribution in [-0.4, -0.2) is 41.5 Å². The SMILES string of the molecule is C=CCOC(=O)c1sc(N2C(=O)C(=O)C(=C(O)c3cc(C)ccc3C)C2c2ccc(OC)cc2)nc1C. The number of Topliss-reactive ketones (excluding diaryl/α,β-unsaturated/α-hetero) is 1. The molecule has 1 unspecified atom stereocenters. The zero-order valence-electron chi connectivity index (χ0n) is 20.9. The molecule has 0 bridgehead atoms. The molecule has 1 fully saturated rings. The van der Waals surface area contributed by atoms with Gasteiger partial charge in [0.05, 0.1) is 24.4 Å². The van der Waals surface area contributed by atoms with Crippen LogP contribution in [0, 0.1) is 20.8 Å². The van der Waals surface area contributed by atoms with E-state index in [1.807, 2.05) is 26.0 Å². The second kappa shape index (κ2) is 10.4. The van der Waals surface area contributed by atoms with Gasteiger partial charge >= 0.3 is 11.9 Å². The lowest BCUT2D eigenvalue weighted by Gasteiger charge is -2.23. The van der Waals surface area contributed by atoms with Gasteiger partial charge in [-0.05, 0) is 50.1 Å². The Hall–Kier alpha value is -4.24. The third kappa shape index (κ3) is 4.77. The van der Waals surface area contributed by atoms with Gasteiger partial charge < -0.3 is 14.6 Å². The van der Waals surface area contributed by atoms with E-state index in [9.17, 15) is 19.5 Å². The molecule has 8 nitrogen and oxygen atoms in total. The van der Waals surface area contributed by atoms with Crippen molar-refractivity contribution < 1.29 is 29.0 Å². The first-order valence-electron chi connectivity index (χ1n) is 11.5. The van der Waals surface area contributed by atoms with Gasteiger partial charge in [0.15, 0.2) is 5.13 Å². The molecule has 0 aliphatic carbocycles. The lowest BCUT2D eigenvalue weighted by molar-refractivity contribution is -0.132. The molecule has 190 valence electrons. The van der Waals surface area contributed by atoms with Gasteiger partial charge in [0.25, 0.3) is 5.78 Å². The van der Waals surface area contributed by atoms with Crippen molar-refractivity contribution in [2.45, 2.75) is 26.8 Å². The maximum atomic E-state index is 13.4. The number of ether oxygens (including phenoxy) is 2. The summed E-state index contributed by atoms with van der Waals surface area (Å²) in [6.45, 7) is 8.88. The van der Waals surface area contributed by atoms with Crippen LogP contribution in [0.25, 0.3) is 5.76 Å². The van der Waals surface area contributed by atoms with E-state index in [4.69, 9.17) is 9.47 Å². The number of anilines is 1. The summed E-state index contributed by atoms with van der Waals surface area (Å²) in [4.78, 5) is 45.2. The van der Waals surface area contributed by atoms with Gasteiger partial charge in [0.2, 0.25) is 0 Å². The molecule has 1 atom stereocenters. The third-order valence-electron chi connectivity index (χ3n) is 6.03. The van der Waals surface area contributed by atoms with Gasteiger partial charge in [0.1, 0.15) is 23.0 Å². The van der Waals surface area contributed by atoms with Crippen molar-refractivity contribution in [3.05, 3.63) is 93.5 Å². The highest BCUT2D eigenvalue weighted by molar-refractivity contribution is 7.17. The van der Waals surface area contributed by atoms with Gasteiger partial charge in [-0.2, -0.15) is 0 Å². The van der Waals surface area contributed by atoms with Crippen LogP contribution in [0.1, 0.15) is 43.7 Å². The maximum Gasteiger partial charge on any atom is 0.350 e. The summed E-state index contributed by atoms with van der Waals surface area (Å²) in [6.07, 6.45) is 1.45. The van der Waals surface area contributed by atoms with Crippen molar-refractivity contribution in [1.29, 1.82) is 0 Å². The highest BCUT2D eigenvalue weighted by Crippen LogP contribution is 2.44. The molecule has 1 amide bonds. The van der Waals surface area contributed by atoms with Crippen molar-refractivity contribution in [2.75, 3.05) is 18.6 Å². The van der Waals surface area contributed by atoms with Crippen LogP contribution in [0.15, 0.2) is 60.7 Å². The summed E-state index contributed by atoms with van der Waals surface area (Å²) in [5.74, 6) is -1.99. The van der Waals surface area contributed by atoms with Crippen LogP contribution >= 0.6 is 11.3 Å². The number of hydrogen-bond donors (Lipinski definition) is 1. The smallest absolute Gasteiger partial charge is 0.350 e. The molecule has 1 saturated heterocycles. The molecule has 1 aliphatic heterocycles. The predicted octanol–water partition coefficient (Wildman–Crippen LogP) is 5.05. The average molecular weight is 519 g/mol. The van der Waals surface area contributed by atoms with Crippen LogP contribution in [-0.2, 0) is 14.3 Å². The number of rotatable bonds is 7. The second-order valence-electron chi connectivity index (χ2n) is 8.56. The van der Waals surface area contributed by atoms with Crippen molar-refractivity contribution in [3.63, 3.8) is 0 Å². The molecule has 37 heavy (non-hydrogen) atoms. The van der Waals surface area contributed by atoms with Gasteiger partial charge in [-0.25, -0.2) is 9.78 Å².